The van der Waals surface area contributed by atoms with Gasteiger partial charge in [0.2, 0.25) is 5.91 Å². The van der Waals surface area contributed by atoms with Crippen molar-refractivity contribution in [2.24, 2.45) is 23.7 Å². The normalized spacial score (nSPS) is 26.9. The Morgan fingerprint density at radius 1 is 1.07 bits per heavy atom. The molecule has 2 aliphatic carbocycles. The fourth-order valence-corrected chi connectivity index (χ4v) is 6.04. The topological polar surface area (TPSA) is 166 Å². The molecule has 1 saturated heterocycles. The van der Waals surface area contributed by atoms with Crippen molar-refractivity contribution in [1.29, 1.82) is 0 Å². The zero-order chi connectivity index (χ0) is 29.6. The Morgan fingerprint density at radius 3 is 2.27 bits per heavy atom. The van der Waals surface area contributed by atoms with Gasteiger partial charge in [-0.1, -0.05) is 24.8 Å². The number of carbonyl (C=O) groups excluding carboxylic acids is 4. The van der Waals surface area contributed by atoms with Crippen molar-refractivity contribution < 1.29 is 59.9 Å². The fourth-order valence-electron chi connectivity index (χ4n) is 5.87. The molecule has 0 spiro atoms. The molecule has 3 aliphatic rings. The first-order valence-electron chi connectivity index (χ1n) is 12.3. The van der Waals surface area contributed by atoms with E-state index in [1.807, 2.05) is 20.8 Å². The third-order valence-electron chi connectivity index (χ3n) is 7.20. The van der Waals surface area contributed by atoms with Gasteiger partial charge in [-0.05, 0) is 45.2 Å². The van der Waals surface area contributed by atoms with Crippen LogP contribution in [0, 0.1) is 30.3 Å². The zero-order valence-corrected chi connectivity index (χ0v) is 29.6. The van der Waals surface area contributed by atoms with Crippen LogP contribution in [-0.2, 0) is 43.5 Å². The van der Waals surface area contributed by atoms with Crippen molar-refractivity contribution in [1.82, 2.24) is 4.90 Å². The molecule has 1 amide bonds. The Hall–Kier alpha value is -4.17. The van der Waals surface area contributed by atoms with Crippen LogP contribution in [0.3, 0.4) is 0 Å². The number of amides is 1. The van der Waals surface area contributed by atoms with E-state index in [4.69, 9.17) is 14.2 Å². The third-order valence-corrected chi connectivity index (χ3v) is 7.96. The summed E-state index contributed by atoms with van der Waals surface area (Å²) in [5, 5.41) is -4.95. The smallest absolute Gasteiger partial charge is 0.332 e. The Kier molecular flexibility index (Phi) is 8.42. The fraction of sp³-hybridized carbons (Fsp3) is 0.560. The average molecular weight is 855 g/mol. The molecular weight excluding hydrogens is 827 g/mol. The van der Waals surface area contributed by atoms with Gasteiger partial charge in [0.25, 0.3) is 5.25 Å². The molecule has 1 heterocycles. The maximum absolute atomic E-state index is 13.5. The molecule has 2 bridgehead atoms. The van der Waals surface area contributed by atoms with Crippen LogP contribution in [0.25, 0.3) is 0 Å². The predicted octanol–water partition coefficient (Wildman–Crippen LogP) is 1.25. The number of carbonyl (C=O) groups is 4. The number of hydrogen-bond donors (Lipinski definition) is 0. The van der Waals surface area contributed by atoms with Gasteiger partial charge >= 0.3 is 17.9 Å². The van der Waals surface area contributed by atoms with E-state index in [0.29, 0.717) is 12.2 Å². The number of halogens is 2. The van der Waals surface area contributed by atoms with E-state index in [-0.39, 0.29) is 11.8 Å². The molecule has 16 heteroatoms. The van der Waals surface area contributed by atoms with E-state index < -0.39 is 88.5 Å². The van der Waals surface area contributed by atoms with Crippen molar-refractivity contribution in [3.05, 3.63) is 36.9 Å². The molecule has 2 saturated carbocycles. The summed E-state index contributed by atoms with van der Waals surface area (Å²) in [6, 6.07) is 7.84. The van der Waals surface area contributed by atoms with E-state index in [9.17, 15) is 40.9 Å². The Bertz CT molecular complexity index is 1290. The molecule has 4 rings (SSSR count). The largest absolute Gasteiger partial charge is 0.746 e. The standard InChI is InChI=1S/C25H28F2NO11S.Rf/c1-24(2,3)28-20-14-9-15(19(18(14)22(28)31)23(32)38-13-7-5-4-6-8-13)21(20)39-17(30)11-36-10-16(29)37-12-25(26,27)40(33,34)35;/h4-8,12,14-15,18-21H,9-11H2,1-3H3,(H,33,34,35);/q-1;/p-1. The number of hydrogen-bond acceptors (Lipinski definition) is 11. The molecule has 6 atom stereocenters. The quantitative estimate of drug-likeness (QED) is 0.144. The molecule has 0 radical (unpaired) electrons. The second kappa shape index (κ2) is 11.0. The molecule has 1 aromatic carbocycles. The van der Waals surface area contributed by atoms with Gasteiger partial charge in [-0.15, -0.1) is 0 Å². The molecule has 12 nitrogen and oxygen atoms in total. The summed E-state index contributed by atoms with van der Waals surface area (Å²) in [5.74, 6) is -5.25. The maximum atomic E-state index is 13.5. The van der Waals surface area contributed by atoms with E-state index in [1.54, 1.807) is 35.2 Å². The van der Waals surface area contributed by atoms with Gasteiger partial charge in [-0.2, -0.15) is 0 Å². The minimum Gasteiger partial charge on any atom is -0.746 e. The summed E-state index contributed by atoms with van der Waals surface area (Å²) in [6.07, 6.45) is -0.433. The number of likely N-dealkylation sites (tertiary alicyclic amines) is 1. The number of fused-ring (bicyclic) bond motifs is 1. The van der Waals surface area contributed by atoms with Gasteiger partial charge in [0.05, 0.1) is 17.9 Å². The molecule has 1 aromatic rings. The van der Waals surface area contributed by atoms with Gasteiger partial charge < -0.3 is 28.4 Å². The van der Waals surface area contributed by atoms with Crippen molar-refractivity contribution in [2.45, 2.75) is 50.1 Å². The Labute approximate surface area is 228 Å². The SMILES string of the molecule is CC(C)(C)N1C(=O)C2C3CC(C(OC(=O)COCC(=O)O[CH-]C(F)(F)S(=O)(=O)[O-])C31)C2C(=O)Oc1ccccc1.[Rf]. The summed E-state index contributed by atoms with van der Waals surface area (Å²) in [4.78, 5) is 52.5. The first-order chi connectivity index (χ1) is 18.5. The summed E-state index contributed by atoms with van der Waals surface area (Å²) in [5.41, 5.74) is -0.650. The van der Waals surface area contributed by atoms with Crippen LogP contribution in [0.5, 0.6) is 5.75 Å². The third kappa shape index (κ3) is 5.98. The van der Waals surface area contributed by atoms with Crippen molar-refractivity contribution in [2.75, 3.05) is 13.2 Å². The molecular formula is C25H27F2NO11RfS-2. The summed E-state index contributed by atoms with van der Waals surface area (Å²) < 4.78 is 77.4. The molecule has 0 N–H and O–H groups in total. The Morgan fingerprint density at radius 2 is 1.68 bits per heavy atom. The number of esters is 3. The van der Waals surface area contributed by atoms with E-state index >= 15 is 0 Å². The minimum atomic E-state index is -6.09. The first-order valence-corrected chi connectivity index (χ1v) is 13.7. The van der Waals surface area contributed by atoms with Gasteiger partial charge in [0, 0.05) is 11.5 Å². The number of nitrogens with zero attached hydrogens (tertiary/aromatic N) is 1. The van der Waals surface area contributed by atoms with Gasteiger partial charge in [-0.25, -0.2) is 22.0 Å². The second-order valence-corrected chi connectivity index (χ2v) is 12.2. The molecule has 41 heavy (non-hydrogen) atoms. The van der Waals surface area contributed by atoms with Gasteiger partial charge in [-0.3, -0.25) is 14.4 Å². The monoisotopic (exact) mass is 854 g/mol. The summed E-state index contributed by atoms with van der Waals surface area (Å²) >= 11 is 0. The molecule has 1 aliphatic heterocycles. The van der Waals surface area contributed by atoms with Crippen molar-refractivity contribution >= 4 is 33.9 Å². The van der Waals surface area contributed by atoms with Crippen LogP contribution in [-0.4, -0.2) is 77.8 Å². The molecule has 3 fully saturated rings. The van der Waals surface area contributed by atoms with E-state index in [1.165, 1.54) is 0 Å². The van der Waals surface area contributed by atoms with Crippen molar-refractivity contribution in [3.8, 4) is 5.75 Å². The minimum absolute atomic E-state index is 0. The van der Waals surface area contributed by atoms with Crippen LogP contribution in [0.4, 0.5) is 8.78 Å². The van der Waals surface area contributed by atoms with Crippen LogP contribution in [0.1, 0.15) is 27.2 Å². The summed E-state index contributed by atoms with van der Waals surface area (Å²) in [7, 11) is -6.09. The van der Waals surface area contributed by atoms with E-state index in [0.717, 1.165) is 0 Å². The van der Waals surface area contributed by atoms with Crippen molar-refractivity contribution in [3.63, 3.8) is 0 Å². The van der Waals surface area contributed by atoms with Gasteiger partial charge in [0.15, 0.2) is 0 Å². The van der Waals surface area contributed by atoms with Crippen LogP contribution >= 0.6 is 0 Å². The number of rotatable bonds is 10. The Balaban J connectivity index is 0.00000462. The number of para-hydroxylation sites is 1. The molecule has 222 valence electrons. The van der Waals surface area contributed by atoms with Crippen LogP contribution in [0.2, 0.25) is 0 Å². The second-order valence-electron chi connectivity index (χ2n) is 10.8. The first kappa shape index (κ1) is 31.4. The predicted molar refractivity (Wildman–Crippen MR) is 127 cm³/mol. The average Bonchev–Trinajstić information content (AvgIpc) is 3.45. The number of benzene rings is 1. The van der Waals surface area contributed by atoms with Gasteiger partial charge in [0.1, 0.15) is 35.2 Å². The molecule has 6 unspecified atom stereocenters. The van der Waals surface area contributed by atoms with Crippen LogP contribution in [0.15, 0.2) is 30.3 Å². The summed E-state index contributed by atoms with van der Waals surface area (Å²) in [6.45, 7) is 2.88. The number of alkyl halides is 2. The molecule has 0 aromatic heterocycles. The number of ether oxygens (including phenoxy) is 4. The van der Waals surface area contributed by atoms with E-state index in [2.05, 4.69) is 4.74 Å². The van der Waals surface area contributed by atoms with Crippen LogP contribution < -0.4 is 4.74 Å². The maximum Gasteiger partial charge on any atom is 0.332 e. The zero-order valence-electron chi connectivity index (χ0n) is 22.4.